The van der Waals surface area contributed by atoms with Crippen molar-refractivity contribution >= 4 is 29.9 Å². The first-order valence-electron chi connectivity index (χ1n) is 10.9. The third-order valence-corrected chi connectivity index (χ3v) is 5.41. The summed E-state index contributed by atoms with van der Waals surface area (Å²) in [4.78, 5) is 8.82. The van der Waals surface area contributed by atoms with E-state index < -0.39 is 0 Å². The molecular formula is C23H36IN5O. The highest BCUT2D eigenvalue weighted by molar-refractivity contribution is 14.0. The van der Waals surface area contributed by atoms with Crippen LogP contribution in [-0.2, 0) is 17.7 Å². The molecule has 0 radical (unpaired) electrons. The van der Waals surface area contributed by atoms with E-state index in [9.17, 15) is 0 Å². The van der Waals surface area contributed by atoms with Crippen molar-refractivity contribution in [2.45, 2.75) is 57.6 Å². The Kier molecular flexibility index (Phi) is 11.8. The van der Waals surface area contributed by atoms with Gasteiger partial charge >= 0.3 is 0 Å². The van der Waals surface area contributed by atoms with Gasteiger partial charge in [0, 0.05) is 45.5 Å². The van der Waals surface area contributed by atoms with Crippen LogP contribution in [0.4, 0.5) is 0 Å². The van der Waals surface area contributed by atoms with E-state index in [0.29, 0.717) is 6.10 Å². The first-order valence-corrected chi connectivity index (χ1v) is 10.9. The number of hydrogen-bond donors (Lipinski definition) is 2. The zero-order valence-corrected chi connectivity index (χ0v) is 20.4. The molecule has 1 aliphatic carbocycles. The van der Waals surface area contributed by atoms with Crippen molar-refractivity contribution in [3.63, 3.8) is 0 Å². The van der Waals surface area contributed by atoms with Crippen molar-refractivity contribution in [2.75, 3.05) is 26.7 Å². The molecule has 2 aromatic rings. The molecule has 7 heteroatoms. The lowest BCUT2D eigenvalue weighted by molar-refractivity contribution is 0.0468. The number of guanidine groups is 1. The number of rotatable bonds is 9. The lowest BCUT2D eigenvalue weighted by Crippen LogP contribution is -2.40. The van der Waals surface area contributed by atoms with E-state index in [2.05, 4.69) is 49.4 Å². The predicted molar refractivity (Wildman–Crippen MR) is 134 cm³/mol. The molecule has 1 saturated carbocycles. The Labute approximate surface area is 197 Å². The summed E-state index contributed by atoms with van der Waals surface area (Å²) < 4.78 is 8.24. The molecule has 0 bridgehead atoms. The minimum absolute atomic E-state index is 0. The van der Waals surface area contributed by atoms with E-state index in [0.717, 1.165) is 44.4 Å². The summed E-state index contributed by atoms with van der Waals surface area (Å²) in [6.45, 7) is 3.14. The Morgan fingerprint density at radius 2 is 1.83 bits per heavy atom. The molecule has 2 N–H and O–H groups in total. The van der Waals surface area contributed by atoms with Gasteiger partial charge in [-0.05, 0) is 18.4 Å². The standard InChI is InChI=1S/C23H35N5O.HI/c1-24-23(27-16-18-29-21-11-7-2-3-8-12-21)26-14-13-22-25-15-17-28(22)19-20-9-5-4-6-10-20;/h4-6,9-10,15,17,21H,2-3,7-8,11-14,16,18-19H2,1H3,(H2,24,26,27);1H. The Balaban J connectivity index is 0.00000320. The maximum absolute atomic E-state index is 6.03. The van der Waals surface area contributed by atoms with E-state index in [1.54, 1.807) is 7.05 Å². The zero-order chi connectivity index (χ0) is 20.2. The summed E-state index contributed by atoms with van der Waals surface area (Å²) in [6.07, 6.45) is 13.0. The fourth-order valence-electron chi connectivity index (χ4n) is 3.81. The predicted octanol–water partition coefficient (Wildman–Crippen LogP) is 4.00. The number of benzene rings is 1. The number of aromatic nitrogens is 2. The van der Waals surface area contributed by atoms with Gasteiger partial charge in [0.25, 0.3) is 0 Å². The number of nitrogens with zero attached hydrogens (tertiary/aromatic N) is 3. The molecule has 3 rings (SSSR count). The van der Waals surface area contributed by atoms with E-state index in [-0.39, 0.29) is 24.0 Å². The van der Waals surface area contributed by atoms with Crippen LogP contribution in [0.5, 0.6) is 0 Å². The summed E-state index contributed by atoms with van der Waals surface area (Å²) in [5.41, 5.74) is 1.28. The van der Waals surface area contributed by atoms with E-state index >= 15 is 0 Å². The lowest BCUT2D eigenvalue weighted by Gasteiger charge is -2.17. The Morgan fingerprint density at radius 3 is 2.57 bits per heavy atom. The molecule has 0 saturated heterocycles. The topological polar surface area (TPSA) is 63.5 Å². The number of nitrogens with one attached hydrogen (secondary N) is 2. The molecular weight excluding hydrogens is 489 g/mol. The largest absolute Gasteiger partial charge is 0.376 e. The van der Waals surface area contributed by atoms with Crippen LogP contribution >= 0.6 is 24.0 Å². The normalized spacial score (nSPS) is 15.3. The molecule has 1 fully saturated rings. The van der Waals surface area contributed by atoms with Gasteiger partial charge in [-0.15, -0.1) is 24.0 Å². The van der Waals surface area contributed by atoms with Crippen LogP contribution in [0.15, 0.2) is 47.7 Å². The first-order chi connectivity index (χ1) is 14.3. The van der Waals surface area contributed by atoms with Crippen LogP contribution < -0.4 is 10.6 Å². The Bertz CT molecular complexity index is 726. The number of imidazole rings is 1. The van der Waals surface area contributed by atoms with Crippen LogP contribution in [0, 0.1) is 0 Å². The van der Waals surface area contributed by atoms with Crippen LogP contribution in [0.1, 0.15) is 49.9 Å². The van der Waals surface area contributed by atoms with E-state index in [1.807, 2.05) is 18.5 Å². The van der Waals surface area contributed by atoms with Gasteiger partial charge in [0.2, 0.25) is 0 Å². The lowest BCUT2D eigenvalue weighted by atomic mass is 10.1. The van der Waals surface area contributed by atoms with Crippen molar-refractivity contribution in [1.29, 1.82) is 0 Å². The smallest absolute Gasteiger partial charge is 0.191 e. The SMILES string of the molecule is CN=C(NCCOC1CCCCCC1)NCCc1nccn1Cc1ccccc1.I. The fraction of sp³-hybridized carbons (Fsp3) is 0.565. The second-order valence-corrected chi connectivity index (χ2v) is 7.62. The monoisotopic (exact) mass is 525 g/mol. The molecule has 6 nitrogen and oxygen atoms in total. The second-order valence-electron chi connectivity index (χ2n) is 7.62. The summed E-state index contributed by atoms with van der Waals surface area (Å²) in [7, 11) is 1.80. The molecule has 0 amide bonds. The average molecular weight is 525 g/mol. The van der Waals surface area contributed by atoms with Crippen LogP contribution in [0.25, 0.3) is 0 Å². The molecule has 30 heavy (non-hydrogen) atoms. The molecule has 1 aromatic carbocycles. The molecule has 1 heterocycles. The second kappa shape index (κ2) is 14.4. The van der Waals surface area contributed by atoms with Gasteiger partial charge in [-0.2, -0.15) is 0 Å². The van der Waals surface area contributed by atoms with Crippen molar-refractivity contribution in [1.82, 2.24) is 20.2 Å². The number of ether oxygens (including phenoxy) is 1. The van der Waals surface area contributed by atoms with Crippen molar-refractivity contribution in [3.8, 4) is 0 Å². The minimum Gasteiger partial charge on any atom is -0.376 e. The summed E-state index contributed by atoms with van der Waals surface area (Å²) >= 11 is 0. The van der Waals surface area contributed by atoms with Gasteiger partial charge in [-0.1, -0.05) is 56.0 Å². The Hall–Kier alpha value is -1.61. The quantitative estimate of drug-likeness (QED) is 0.171. The van der Waals surface area contributed by atoms with Crippen molar-refractivity contribution in [3.05, 3.63) is 54.1 Å². The molecule has 0 atom stereocenters. The summed E-state index contributed by atoms with van der Waals surface area (Å²) in [5, 5.41) is 6.72. The van der Waals surface area contributed by atoms with Crippen LogP contribution in [0.2, 0.25) is 0 Å². The molecule has 0 spiro atoms. The highest BCUT2D eigenvalue weighted by atomic mass is 127. The Morgan fingerprint density at radius 1 is 1.10 bits per heavy atom. The number of aliphatic imine (C=N–C) groups is 1. The van der Waals surface area contributed by atoms with Crippen LogP contribution in [0.3, 0.4) is 0 Å². The molecule has 1 aliphatic rings. The minimum atomic E-state index is 0. The van der Waals surface area contributed by atoms with Gasteiger partial charge in [0.05, 0.1) is 12.7 Å². The van der Waals surface area contributed by atoms with Crippen molar-refractivity contribution in [2.24, 2.45) is 4.99 Å². The van der Waals surface area contributed by atoms with Gasteiger partial charge in [0.15, 0.2) is 5.96 Å². The molecule has 0 unspecified atom stereocenters. The van der Waals surface area contributed by atoms with Gasteiger partial charge in [-0.3, -0.25) is 4.99 Å². The zero-order valence-electron chi connectivity index (χ0n) is 18.1. The van der Waals surface area contributed by atoms with Crippen LogP contribution in [-0.4, -0.2) is 48.4 Å². The van der Waals surface area contributed by atoms with Gasteiger partial charge < -0.3 is 19.9 Å². The molecule has 166 valence electrons. The van der Waals surface area contributed by atoms with Gasteiger partial charge in [0.1, 0.15) is 5.82 Å². The van der Waals surface area contributed by atoms with E-state index in [4.69, 9.17) is 4.74 Å². The third-order valence-electron chi connectivity index (χ3n) is 5.41. The summed E-state index contributed by atoms with van der Waals surface area (Å²) in [6, 6.07) is 10.5. The average Bonchev–Trinajstić information content (AvgIpc) is 3.02. The number of halogens is 1. The maximum Gasteiger partial charge on any atom is 0.191 e. The first kappa shape index (κ1) is 24.7. The van der Waals surface area contributed by atoms with Gasteiger partial charge in [-0.25, -0.2) is 4.98 Å². The highest BCUT2D eigenvalue weighted by Crippen LogP contribution is 2.19. The number of hydrogen-bond acceptors (Lipinski definition) is 3. The molecule has 0 aliphatic heterocycles. The third kappa shape index (κ3) is 8.63. The van der Waals surface area contributed by atoms with Crippen molar-refractivity contribution < 1.29 is 4.74 Å². The maximum atomic E-state index is 6.03. The molecule has 1 aromatic heterocycles. The highest BCUT2D eigenvalue weighted by Gasteiger charge is 2.12. The summed E-state index contributed by atoms with van der Waals surface area (Å²) in [5.74, 6) is 1.89. The van der Waals surface area contributed by atoms with E-state index in [1.165, 1.54) is 44.1 Å². The fourth-order valence-corrected chi connectivity index (χ4v) is 3.81.